The van der Waals surface area contributed by atoms with Crippen molar-refractivity contribution in [1.29, 1.82) is 0 Å². The van der Waals surface area contributed by atoms with Gasteiger partial charge in [-0.3, -0.25) is 28.8 Å². The second-order valence-electron chi connectivity index (χ2n) is 17.4. The van der Waals surface area contributed by atoms with Crippen LogP contribution in [0.15, 0.2) is 82.4 Å². The summed E-state index contributed by atoms with van der Waals surface area (Å²) in [5, 5.41) is 57.1. The number of benzene rings is 3. The summed E-state index contributed by atoms with van der Waals surface area (Å²) in [5.41, 5.74) is 10.7. The number of halogens is 2. The molecule has 0 aliphatic carbocycles. The molecule has 0 radical (unpaired) electrons. The van der Waals surface area contributed by atoms with Gasteiger partial charge in [-0.05, 0) is 107 Å². The zero-order chi connectivity index (χ0) is 55.1. The van der Waals surface area contributed by atoms with Crippen molar-refractivity contribution < 1.29 is 63.6 Å². The minimum Gasteiger partial charge on any atom is -0.507 e. The Morgan fingerprint density at radius 2 is 1.28 bits per heavy atom. The van der Waals surface area contributed by atoms with Gasteiger partial charge in [-0.1, -0.05) is 71.7 Å². The molecule has 0 unspecified atom stereocenters. The number of phenolic OH excluding ortho intramolecular Hbond substituents is 1. The lowest BCUT2D eigenvalue weighted by Crippen LogP contribution is -2.55. The van der Waals surface area contributed by atoms with E-state index in [4.69, 9.17) is 22.2 Å². The van der Waals surface area contributed by atoms with E-state index in [1.807, 2.05) is 6.07 Å². The first-order valence-electron chi connectivity index (χ1n) is 24.3. The third-order valence-electron chi connectivity index (χ3n) is 11.4. The molecule has 7 amide bonds. The predicted octanol–water partition coefficient (Wildman–Crippen LogP) is 5.11. The Balaban J connectivity index is 1.51. The number of nitrogens with one attached hydrogen (secondary N) is 6. The summed E-state index contributed by atoms with van der Waals surface area (Å²) >= 11 is 9.46. The van der Waals surface area contributed by atoms with Crippen LogP contribution in [0.1, 0.15) is 93.7 Å². The highest BCUT2D eigenvalue weighted by molar-refractivity contribution is 9.10. The number of aliphatic carboxylic acids is 3. The number of nitrogens with zero attached hydrogens (tertiary/aromatic N) is 4. The summed E-state index contributed by atoms with van der Waals surface area (Å²) in [6.45, 7) is 1.04. The maximum atomic E-state index is 13.9. The molecule has 0 saturated heterocycles. The number of amides is 7. The van der Waals surface area contributed by atoms with Crippen LogP contribution < -0.4 is 31.9 Å². The van der Waals surface area contributed by atoms with Crippen LogP contribution in [0, 0.1) is 0 Å². The number of carbonyl (C=O) groups excluding carboxylic acids is 6. The Labute approximate surface area is 446 Å². The summed E-state index contributed by atoms with van der Waals surface area (Å²) in [7, 11) is 0. The van der Waals surface area contributed by atoms with Crippen LogP contribution in [0.2, 0.25) is 5.02 Å². The number of hydrogen-bond acceptors (Lipinski definition) is 11. The van der Waals surface area contributed by atoms with Gasteiger partial charge in [0.2, 0.25) is 29.5 Å². The Bertz CT molecular complexity index is 2470. The maximum absolute atomic E-state index is 13.9. The number of azide groups is 1. The van der Waals surface area contributed by atoms with Crippen molar-refractivity contribution in [2.45, 2.75) is 121 Å². The van der Waals surface area contributed by atoms with Crippen molar-refractivity contribution in [2.75, 3.05) is 26.2 Å². The van der Waals surface area contributed by atoms with Gasteiger partial charge in [0.15, 0.2) is 0 Å². The third kappa shape index (κ3) is 25.4. The second-order valence-corrected chi connectivity index (χ2v) is 18.7. The highest BCUT2D eigenvalue weighted by Gasteiger charge is 2.29. The van der Waals surface area contributed by atoms with Gasteiger partial charge in [-0.2, -0.15) is 0 Å². The monoisotopic (exact) mass is 1130 g/mol. The van der Waals surface area contributed by atoms with E-state index in [1.165, 1.54) is 6.07 Å². The molecule has 0 spiro atoms. The number of phenols is 1. The van der Waals surface area contributed by atoms with Crippen LogP contribution in [0.3, 0.4) is 0 Å². The minimum atomic E-state index is -1.55. The van der Waals surface area contributed by atoms with Crippen molar-refractivity contribution in [1.82, 2.24) is 36.8 Å². The van der Waals surface area contributed by atoms with E-state index in [0.717, 1.165) is 11.1 Å². The molecule has 0 heterocycles. The number of carboxylic acids is 3. The van der Waals surface area contributed by atoms with E-state index >= 15 is 0 Å². The molecule has 4 atom stereocenters. The standard InChI is InChI=1S/C50H64BrClN10O13/c51-36-28-33(17-19-41(36)63)30-39(46(69)55-24-10-25-56-61-53)58-47(70)40(29-32-11-3-1-4-12-32)57-43(65)21-20-42(64)54-23-7-2-5-16-44(66)62(31-34-13-9-14-35(52)27-34)26-8-6-15-37(48(71)72)59-50(75)60-38(49(73)74)18-22-45(67)68/h1,3-4,9,11-14,17,19,27-28,37-40,63H,2,5-8,10,15-16,18,20-26,29-31H2,(H,54,64)(H,55,69)(H,57,65)(H,58,70)(H,67,68)(H,71,72)(H,73,74)(H2,59,60,75)/t37-,38-,39+,40+/m0/s1. The SMILES string of the molecule is [N-]=[N+]=NCCCNC(=O)[C@@H](Cc1ccc(O)c(Br)c1)NC(=O)[C@@H](Cc1ccccc1)NC(=O)CCC(=O)NCCCCCC(=O)N(CCCC[C@H](NC(=O)N[C@@H](CCC(=O)O)C(=O)O)C(=O)O)Cc1cccc(Cl)c1. The Kier molecular flexibility index (Phi) is 28.2. The molecule has 0 aliphatic heterocycles. The maximum Gasteiger partial charge on any atom is 0.326 e. The molecular formula is C50H64BrClN10O13. The predicted molar refractivity (Wildman–Crippen MR) is 278 cm³/mol. The molecule has 0 saturated carbocycles. The molecule has 0 fully saturated rings. The fourth-order valence-corrected chi connectivity index (χ4v) is 8.11. The quantitative estimate of drug-likeness (QED) is 0.0159. The zero-order valence-electron chi connectivity index (χ0n) is 41.2. The number of unbranched alkanes of at least 4 members (excludes halogenated alkanes) is 3. The molecule has 0 bridgehead atoms. The van der Waals surface area contributed by atoms with Crippen molar-refractivity contribution in [3.05, 3.63) is 109 Å². The summed E-state index contributed by atoms with van der Waals surface area (Å²) < 4.78 is 0.385. The smallest absolute Gasteiger partial charge is 0.326 e. The van der Waals surface area contributed by atoms with E-state index in [1.54, 1.807) is 65.6 Å². The van der Waals surface area contributed by atoms with Gasteiger partial charge in [0.1, 0.15) is 29.9 Å². The van der Waals surface area contributed by atoms with Gasteiger partial charge in [-0.25, -0.2) is 14.4 Å². The van der Waals surface area contributed by atoms with Crippen LogP contribution in [0.4, 0.5) is 4.79 Å². The molecule has 0 aromatic heterocycles. The topological polar surface area (TPSA) is 359 Å². The van der Waals surface area contributed by atoms with E-state index < -0.39 is 84.6 Å². The number of urea groups is 1. The first-order valence-corrected chi connectivity index (χ1v) is 25.4. The minimum absolute atomic E-state index is 0.0151. The highest BCUT2D eigenvalue weighted by Crippen LogP contribution is 2.25. The number of rotatable bonds is 35. The summed E-state index contributed by atoms with van der Waals surface area (Å²) in [5.74, 6) is -6.46. The summed E-state index contributed by atoms with van der Waals surface area (Å²) in [4.78, 5) is 118. The summed E-state index contributed by atoms with van der Waals surface area (Å²) in [6, 6.07) is 14.3. The third-order valence-corrected chi connectivity index (χ3v) is 12.3. The molecule has 0 aliphatic rings. The van der Waals surface area contributed by atoms with Crippen molar-refractivity contribution in [3.8, 4) is 5.75 Å². The van der Waals surface area contributed by atoms with Crippen molar-refractivity contribution in [2.24, 2.45) is 5.11 Å². The molecule has 25 heteroatoms. The lowest BCUT2D eigenvalue weighted by Gasteiger charge is -2.24. The summed E-state index contributed by atoms with van der Waals surface area (Å²) in [6.07, 6.45) is 1.38. The van der Waals surface area contributed by atoms with E-state index in [0.29, 0.717) is 47.2 Å². The molecule has 23 nitrogen and oxygen atoms in total. The van der Waals surface area contributed by atoms with Gasteiger partial charge >= 0.3 is 23.9 Å². The molecule has 406 valence electrons. The van der Waals surface area contributed by atoms with Crippen LogP contribution in [-0.4, -0.2) is 129 Å². The Morgan fingerprint density at radius 3 is 1.95 bits per heavy atom. The molecule has 75 heavy (non-hydrogen) atoms. The van der Waals surface area contributed by atoms with Gasteiger partial charge in [0.05, 0.1) is 4.47 Å². The molecule has 3 aromatic rings. The van der Waals surface area contributed by atoms with Gasteiger partial charge in [-0.15, -0.1) is 0 Å². The molecule has 3 rings (SSSR count). The number of carbonyl (C=O) groups is 9. The lowest BCUT2D eigenvalue weighted by molar-refractivity contribution is -0.141. The number of aromatic hydroxyl groups is 1. The lowest BCUT2D eigenvalue weighted by atomic mass is 10.0. The van der Waals surface area contributed by atoms with Gasteiger partial charge in [0.25, 0.3) is 0 Å². The second kappa shape index (κ2) is 34.1. The van der Waals surface area contributed by atoms with Crippen molar-refractivity contribution >= 4 is 81.0 Å². The number of carboxylic acid groups (broad SMARTS) is 3. The Hall–Kier alpha value is -7.43. The number of hydrogen-bond donors (Lipinski definition) is 10. The fraction of sp³-hybridized carbons (Fsp3) is 0.460. The van der Waals surface area contributed by atoms with Gasteiger partial charge in [0, 0.05) is 81.2 Å². The largest absolute Gasteiger partial charge is 0.507 e. The Morgan fingerprint density at radius 1 is 0.627 bits per heavy atom. The van der Waals surface area contributed by atoms with Crippen molar-refractivity contribution in [3.63, 3.8) is 0 Å². The molecule has 10 N–H and O–H groups in total. The average Bonchev–Trinajstić information content (AvgIpc) is 3.36. The fourth-order valence-electron chi connectivity index (χ4n) is 7.47. The molecular weight excluding hydrogens is 1060 g/mol. The first kappa shape index (κ1) is 61.9. The van der Waals surface area contributed by atoms with Crippen LogP contribution in [0.25, 0.3) is 10.4 Å². The molecule has 3 aromatic carbocycles. The van der Waals surface area contributed by atoms with E-state index in [9.17, 15) is 58.5 Å². The van der Waals surface area contributed by atoms with E-state index in [-0.39, 0.29) is 89.3 Å². The van der Waals surface area contributed by atoms with Crippen LogP contribution >= 0.6 is 27.5 Å². The van der Waals surface area contributed by atoms with Crippen LogP contribution in [-0.2, 0) is 57.7 Å². The van der Waals surface area contributed by atoms with Crippen LogP contribution in [0.5, 0.6) is 5.75 Å². The average molecular weight is 1130 g/mol. The van der Waals surface area contributed by atoms with E-state index in [2.05, 4.69) is 57.9 Å². The zero-order valence-corrected chi connectivity index (χ0v) is 43.5. The highest BCUT2D eigenvalue weighted by atomic mass is 79.9. The first-order chi connectivity index (χ1) is 35.8. The van der Waals surface area contributed by atoms with Gasteiger partial charge < -0.3 is 57.2 Å². The normalized spacial score (nSPS) is 12.3.